The second kappa shape index (κ2) is 8.85. The number of nitrogens with zero attached hydrogens (tertiary/aromatic N) is 2. The zero-order valence-electron chi connectivity index (χ0n) is 16.0. The average Bonchev–Trinajstić information content (AvgIpc) is 3.21. The lowest BCUT2D eigenvalue weighted by Gasteiger charge is -2.27. The van der Waals surface area contributed by atoms with Gasteiger partial charge in [-0.3, -0.25) is 9.78 Å². The van der Waals surface area contributed by atoms with Gasteiger partial charge in [0.2, 0.25) is 0 Å². The monoisotopic (exact) mass is 430 g/mol. The molecular formula is C21H20F2N4O2S. The molecule has 0 atom stereocenters. The summed E-state index contributed by atoms with van der Waals surface area (Å²) in [5.41, 5.74) is 6.15. The van der Waals surface area contributed by atoms with Gasteiger partial charge in [0.05, 0.1) is 17.9 Å². The first kappa shape index (κ1) is 20.4. The number of nitrogens with one attached hydrogen (secondary N) is 1. The first-order chi connectivity index (χ1) is 14.5. The number of thiazole rings is 1. The summed E-state index contributed by atoms with van der Waals surface area (Å²) in [4.78, 5) is 20.8. The van der Waals surface area contributed by atoms with Crippen LogP contribution < -0.4 is 15.8 Å². The van der Waals surface area contributed by atoms with Crippen LogP contribution in [-0.2, 0) is 0 Å². The topological polar surface area (TPSA) is 90.1 Å². The molecule has 0 unspecified atom stereocenters. The Bertz CT molecular complexity index is 1030. The van der Waals surface area contributed by atoms with Crippen molar-refractivity contribution in [3.63, 3.8) is 0 Å². The van der Waals surface area contributed by atoms with Crippen LogP contribution in [0.5, 0.6) is 5.75 Å². The molecule has 1 aliphatic carbocycles. The maximum atomic E-state index is 14.0. The van der Waals surface area contributed by atoms with E-state index in [0.717, 1.165) is 49.2 Å². The van der Waals surface area contributed by atoms with Crippen LogP contribution in [0.2, 0.25) is 0 Å². The van der Waals surface area contributed by atoms with Crippen molar-refractivity contribution in [3.05, 3.63) is 59.4 Å². The molecule has 0 aliphatic heterocycles. The number of halogens is 2. The molecule has 1 amide bonds. The highest BCUT2D eigenvalue weighted by atomic mass is 32.1. The van der Waals surface area contributed by atoms with E-state index in [0.29, 0.717) is 11.4 Å². The molecule has 0 spiro atoms. The van der Waals surface area contributed by atoms with Crippen LogP contribution in [0, 0.1) is 11.6 Å². The van der Waals surface area contributed by atoms with Crippen molar-refractivity contribution < 1.29 is 18.3 Å². The number of amides is 1. The van der Waals surface area contributed by atoms with Crippen molar-refractivity contribution in [3.8, 4) is 16.3 Å². The van der Waals surface area contributed by atoms with Gasteiger partial charge < -0.3 is 15.8 Å². The first-order valence-corrected chi connectivity index (χ1v) is 10.5. The summed E-state index contributed by atoms with van der Waals surface area (Å²) in [7, 11) is 0. The highest BCUT2D eigenvalue weighted by Gasteiger charge is 2.22. The molecule has 156 valence electrons. The third kappa shape index (κ3) is 4.47. The van der Waals surface area contributed by atoms with E-state index in [1.54, 1.807) is 12.3 Å². The minimum Gasteiger partial charge on any atom is -0.488 e. The van der Waals surface area contributed by atoms with Crippen molar-refractivity contribution in [2.24, 2.45) is 5.73 Å². The quantitative estimate of drug-likeness (QED) is 0.627. The van der Waals surface area contributed by atoms with Gasteiger partial charge in [0.1, 0.15) is 33.8 Å². The number of benzene rings is 1. The maximum absolute atomic E-state index is 14.0. The summed E-state index contributed by atoms with van der Waals surface area (Å²) >= 11 is 0.992. The van der Waals surface area contributed by atoms with Gasteiger partial charge in [-0.15, -0.1) is 11.3 Å². The van der Waals surface area contributed by atoms with E-state index in [1.807, 2.05) is 0 Å². The molecular weight excluding hydrogens is 410 g/mol. The number of ether oxygens (including phenoxy) is 1. The average molecular weight is 430 g/mol. The summed E-state index contributed by atoms with van der Waals surface area (Å²) in [5, 5.41) is 4.27. The molecule has 0 radical (unpaired) electrons. The van der Waals surface area contributed by atoms with E-state index < -0.39 is 17.5 Å². The number of carbonyl (C=O) groups excluding carboxylic acids is 1. The van der Waals surface area contributed by atoms with E-state index in [-0.39, 0.29) is 28.4 Å². The zero-order valence-corrected chi connectivity index (χ0v) is 16.8. The molecule has 0 saturated heterocycles. The van der Waals surface area contributed by atoms with Gasteiger partial charge in [0.25, 0.3) is 5.91 Å². The molecule has 1 saturated carbocycles. The summed E-state index contributed by atoms with van der Waals surface area (Å²) in [6.45, 7) is 0. The molecule has 2 aromatic heterocycles. The molecule has 30 heavy (non-hydrogen) atoms. The van der Waals surface area contributed by atoms with Gasteiger partial charge in [-0.05, 0) is 37.8 Å². The molecule has 3 aromatic rings. The van der Waals surface area contributed by atoms with Gasteiger partial charge in [-0.25, -0.2) is 13.8 Å². The highest BCUT2D eigenvalue weighted by molar-refractivity contribution is 7.13. The number of hydrogen-bond donors (Lipinski definition) is 2. The number of rotatable bonds is 5. The Morgan fingerprint density at radius 2 is 1.90 bits per heavy atom. The Balaban J connectivity index is 1.49. The minimum absolute atomic E-state index is 0.0257. The van der Waals surface area contributed by atoms with Crippen molar-refractivity contribution in [1.82, 2.24) is 9.97 Å². The fraction of sp³-hybridized carbons (Fsp3) is 0.286. The third-order valence-corrected chi connectivity index (χ3v) is 5.82. The van der Waals surface area contributed by atoms with Gasteiger partial charge >= 0.3 is 0 Å². The van der Waals surface area contributed by atoms with E-state index in [4.69, 9.17) is 10.5 Å². The second-order valence-electron chi connectivity index (χ2n) is 7.12. The van der Waals surface area contributed by atoms with Crippen LogP contribution in [0.25, 0.3) is 10.6 Å². The number of pyridine rings is 1. The first-order valence-electron chi connectivity index (χ1n) is 9.59. The number of nitrogens with two attached hydrogens (primary N) is 1. The molecule has 1 fully saturated rings. The SMILES string of the molecule is N[C@H]1CC[C@H](Oc2ccncc2NC(=O)c2csc(-c3c(F)cccc3F)n2)CC1. The summed E-state index contributed by atoms with van der Waals surface area (Å²) in [6.07, 6.45) is 6.59. The van der Waals surface area contributed by atoms with Gasteiger partial charge in [0, 0.05) is 23.7 Å². The molecule has 6 nitrogen and oxygen atoms in total. The van der Waals surface area contributed by atoms with E-state index in [2.05, 4.69) is 15.3 Å². The second-order valence-corrected chi connectivity index (χ2v) is 7.97. The van der Waals surface area contributed by atoms with E-state index in [9.17, 15) is 13.6 Å². The highest BCUT2D eigenvalue weighted by Crippen LogP contribution is 2.31. The van der Waals surface area contributed by atoms with Crippen LogP contribution in [0.3, 0.4) is 0 Å². The van der Waals surface area contributed by atoms with Crippen molar-refractivity contribution in [2.75, 3.05) is 5.32 Å². The lowest BCUT2D eigenvalue weighted by molar-refractivity contribution is 0.102. The van der Waals surface area contributed by atoms with Crippen LogP contribution in [-0.4, -0.2) is 28.0 Å². The normalized spacial score (nSPS) is 18.8. The molecule has 3 N–H and O–H groups in total. The summed E-state index contributed by atoms with van der Waals surface area (Å²) in [6, 6.07) is 5.47. The van der Waals surface area contributed by atoms with Crippen molar-refractivity contribution in [1.29, 1.82) is 0 Å². The Morgan fingerprint density at radius 1 is 1.17 bits per heavy atom. The molecule has 0 bridgehead atoms. The smallest absolute Gasteiger partial charge is 0.275 e. The Labute approximate surface area is 176 Å². The lowest BCUT2D eigenvalue weighted by Crippen LogP contribution is -2.31. The number of anilines is 1. The molecule has 1 aromatic carbocycles. The largest absolute Gasteiger partial charge is 0.488 e. The van der Waals surface area contributed by atoms with Crippen LogP contribution in [0.4, 0.5) is 14.5 Å². The van der Waals surface area contributed by atoms with E-state index >= 15 is 0 Å². The fourth-order valence-corrected chi connectivity index (χ4v) is 4.19. The Kier molecular flexibility index (Phi) is 6.01. The van der Waals surface area contributed by atoms with Crippen molar-refractivity contribution >= 4 is 22.9 Å². The fourth-order valence-electron chi connectivity index (χ4n) is 3.35. The van der Waals surface area contributed by atoms with Gasteiger partial charge in [0.15, 0.2) is 0 Å². The predicted octanol–water partition coefficient (Wildman–Crippen LogP) is 4.38. The Morgan fingerprint density at radius 3 is 2.63 bits per heavy atom. The number of carbonyl (C=O) groups is 1. The van der Waals surface area contributed by atoms with Crippen LogP contribution in [0.1, 0.15) is 36.2 Å². The standard InChI is InChI=1S/C21H20F2N4O2S/c22-14-2-1-3-15(23)19(14)21-27-17(11-30-21)20(28)26-16-10-25-9-8-18(16)29-13-6-4-12(24)5-7-13/h1-3,8-13H,4-7,24H2,(H,26,28)/t12-,13-. The van der Waals surface area contributed by atoms with Crippen LogP contribution >= 0.6 is 11.3 Å². The van der Waals surface area contributed by atoms with Crippen molar-refractivity contribution in [2.45, 2.75) is 37.8 Å². The minimum atomic E-state index is -0.730. The summed E-state index contributed by atoms with van der Waals surface area (Å²) < 4.78 is 34.0. The van der Waals surface area contributed by atoms with Gasteiger partial charge in [-0.2, -0.15) is 0 Å². The number of aromatic nitrogens is 2. The molecule has 4 rings (SSSR count). The molecule has 2 heterocycles. The van der Waals surface area contributed by atoms with E-state index in [1.165, 1.54) is 17.6 Å². The lowest BCUT2D eigenvalue weighted by atomic mass is 9.94. The Hall–Kier alpha value is -2.91. The summed E-state index contributed by atoms with van der Waals surface area (Å²) in [5.74, 6) is -1.47. The molecule has 1 aliphatic rings. The molecule has 9 heteroatoms. The maximum Gasteiger partial charge on any atom is 0.275 e. The zero-order chi connectivity index (χ0) is 21.1. The third-order valence-electron chi connectivity index (χ3n) is 4.96. The van der Waals surface area contributed by atoms with Gasteiger partial charge in [-0.1, -0.05) is 6.07 Å². The predicted molar refractivity (Wildman–Crippen MR) is 111 cm³/mol. The number of hydrogen-bond acceptors (Lipinski definition) is 6. The van der Waals surface area contributed by atoms with Crippen LogP contribution in [0.15, 0.2) is 42.0 Å².